The SMILES string of the molecule is CC1(C)C(/C=C/C=C/C=C2\N(CC(=O)N3c4ccccc4Sc4ccc(Cl)cc43)c3ccccc3C2(C)C)=[N+](CC(=O)C2c3ccccc3Cc3ccc(Cl)cc32)c2ccccc21. The minimum atomic E-state index is -0.416. The number of halogens is 2. The highest BCUT2D eigenvalue weighted by Crippen LogP contribution is 2.51. The van der Waals surface area contributed by atoms with E-state index in [-0.39, 0.29) is 35.6 Å². The first-order chi connectivity index (χ1) is 30.4. The van der Waals surface area contributed by atoms with Gasteiger partial charge in [0.15, 0.2) is 5.71 Å². The molecule has 1 amide bonds. The van der Waals surface area contributed by atoms with Crippen molar-refractivity contribution in [2.75, 3.05) is 22.9 Å². The zero-order chi connectivity index (χ0) is 43.6. The van der Waals surface area contributed by atoms with Crippen molar-refractivity contribution in [3.05, 3.63) is 213 Å². The lowest BCUT2D eigenvalue weighted by molar-refractivity contribution is -0.425. The number of rotatable bonds is 8. The van der Waals surface area contributed by atoms with Crippen molar-refractivity contribution < 1.29 is 14.2 Å². The molecule has 1 aliphatic carbocycles. The van der Waals surface area contributed by atoms with Gasteiger partial charge in [-0.3, -0.25) is 14.5 Å². The number of para-hydroxylation sites is 3. The molecule has 0 N–H and O–H groups in total. The molecule has 312 valence electrons. The van der Waals surface area contributed by atoms with Crippen molar-refractivity contribution in [3.8, 4) is 0 Å². The van der Waals surface area contributed by atoms with Gasteiger partial charge < -0.3 is 4.90 Å². The summed E-state index contributed by atoms with van der Waals surface area (Å²) >= 11 is 14.7. The number of hydrogen-bond acceptors (Lipinski definition) is 4. The summed E-state index contributed by atoms with van der Waals surface area (Å²) < 4.78 is 2.20. The molecule has 0 saturated heterocycles. The van der Waals surface area contributed by atoms with Crippen LogP contribution in [0.5, 0.6) is 0 Å². The van der Waals surface area contributed by atoms with Crippen molar-refractivity contribution in [2.24, 2.45) is 0 Å². The molecular weight excluding hydrogens is 838 g/mol. The third-order valence-electron chi connectivity index (χ3n) is 13.2. The Hall–Kier alpha value is -5.92. The van der Waals surface area contributed by atoms with E-state index in [0.717, 1.165) is 72.6 Å². The molecule has 6 aromatic rings. The van der Waals surface area contributed by atoms with Crippen LogP contribution in [0.25, 0.3) is 0 Å². The highest BCUT2D eigenvalue weighted by atomic mass is 35.5. The summed E-state index contributed by atoms with van der Waals surface area (Å²) in [6.45, 7) is 9.24. The molecule has 0 bridgehead atoms. The Labute approximate surface area is 383 Å². The van der Waals surface area contributed by atoms with Gasteiger partial charge in [-0.15, -0.1) is 0 Å². The molecule has 1 atom stereocenters. The molecule has 0 fully saturated rings. The van der Waals surface area contributed by atoms with Crippen LogP contribution in [-0.4, -0.2) is 35.1 Å². The third kappa shape index (κ3) is 7.09. The van der Waals surface area contributed by atoms with Crippen molar-refractivity contribution >= 4 is 75.1 Å². The fraction of sp³-hybridized carbons (Fsp3) is 0.182. The summed E-state index contributed by atoms with van der Waals surface area (Å²) in [6, 6.07) is 44.8. The van der Waals surface area contributed by atoms with E-state index in [9.17, 15) is 9.59 Å². The second-order valence-corrected chi connectivity index (χ2v) is 19.6. The van der Waals surface area contributed by atoms with Crippen LogP contribution in [0.1, 0.15) is 67.0 Å². The van der Waals surface area contributed by atoms with Gasteiger partial charge in [0, 0.05) is 54.3 Å². The molecule has 8 heteroatoms. The number of allylic oxidation sites excluding steroid dienone is 6. The van der Waals surface area contributed by atoms with Crippen LogP contribution < -0.4 is 9.80 Å². The fourth-order valence-electron chi connectivity index (χ4n) is 10.1. The smallest absolute Gasteiger partial charge is 0.251 e. The second-order valence-electron chi connectivity index (χ2n) is 17.7. The minimum Gasteiger partial charge on any atom is -0.335 e. The molecule has 3 aliphatic heterocycles. The van der Waals surface area contributed by atoms with E-state index in [0.29, 0.717) is 10.0 Å². The molecule has 0 spiro atoms. The average molecular weight is 884 g/mol. The molecule has 0 radical (unpaired) electrons. The number of carbonyl (C=O) groups is 2. The van der Waals surface area contributed by atoms with Gasteiger partial charge >= 0.3 is 0 Å². The van der Waals surface area contributed by atoms with Gasteiger partial charge in [-0.25, -0.2) is 0 Å². The van der Waals surface area contributed by atoms with E-state index in [1.165, 1.54) is 11.1 Å². The number of anilines is 3. The van der Waals surface area contributed by atoms with Crippen molar-refractivity contribution in [2.45, 2.75) is 60.7 Å². The quantitative estimate of drug-likeness (QED) is 0.113. The number of nitrogens with zero attached hydrogens (tertiary/aromatic N) is 3. The summed E-state index contributed by atoms with van der Waals surface area (Å²) in [4.78, 5) is 35.5. The van der Waals surface area contributed by atoms with Gasteiger partial charge in [-0.05, 0) is 103 Å². The van der Waals surface area contributed by atoms with Crippen LogP contribution in [0.15, 0.2) is 179 Å². The van der Waals surface area contributed by atoms with Gasteiger partial charge in [0.2, 0.25) is 18.0 Å². The molecule has 10 rings (SSSR count). The van der Waals surface area contributed by atoms with Crippen LogP contribution in [0.2, 0.25) is 10.0 Å². The molecule has 3 heterocycles. The van der Waals surface area contributed by atoms with Gasteiger partial charge in [-0.1, -0.05) is 146 Å². The zero-order valence-corrected chi connectivity index (χ0v) is 37.9. The summed E-state index contributed by atoms with van der Waals surface area (Å²) in [7, 11) is 0. The number of fused-ring (bicyclic) bond motifs is 6. The van der Waals surface area contributed by atoms with Gasteiger partial charge in [0.05, 0.1) is 22.7 Å². The zero-order valence-electron chi connectivity index (χ0n) is 35.6. The van der Waals surface area contributed by atoms with Gasteiger partial charge in [0.25, 0.3) is 5.91 Å². The van der Waals surface area contributed by atoms with Crippen molar-refractivity contribution in [1.29, 1.82) is 0 Å². The molecule has 1 unspecified atom stereocenters. The summed E-state index contributed by atoms with van der Waals surface area (Å²) in [5, 5.41) is 1.22. The normalized spacial score (nSPS) is 18.3. The van der Waals surface area contributed by atoms with Crippen LogP contribution in [0, 0.1) is 0 Å². The van der Waals surface area contributed by atoms with Crippen LogP contribution in [0.3, 0.4) is 0 Å². The van der Waals surface area contributed by atoms with Crippen LogP contribution >= 0.6 is 35.0 Å². The Kier molecular flexibility index (Phi) is 10.4. The topological polar surface area (TPSA) is 43.6 Å². The fourth-order valence-corrected chi connectivity index (χ4v) is 11.5. The lowest BCUT2D eigenvalue weighted by Crippen LogP contribution is -2.39. The van der Waals surface area contributed by atoms with Gasteiger partial charge in [0.1, 0.15) is 6.54 Å². The molecule has 6 aromatic carbocycles. The van der Waals surface area contributed by atoms with E-state index < -0.39 is 5.92 Å². The molecule has 0 saturated carbocycles. The second kappa shape index (κ2) is 16.0. The molecule has 4 aliphatic rings. The first-order valence-electron chi connectivity index (χ1n) is 21.4. The number of amides is 1. The number of benzene rings is 6. The number of ketones is 1. The van der Waals surface area contributed by atoms with E-state index in [4.69, 9.17) is 23.2 Å². The lowest BCUT2D eigenvalue weighted by atomic mass is 9.76. The Bertz CT molecular complexity index is 3010. The Morgan fingerprint density at radius 3 is 2.19 bits per heavy atom. The maximum atomic E-state index is 14.8. The Balaban J connectivity index is 0.976. The third-order valence-corrected chi connectivity index (χ3v) is 14.8. The number of hydrogen-bond donors (Lipinski definition) is 0. The maximum absolute atomic E-state index is 14.8. The largest absolute Gasteiger partial charge is 0.335 e. The molecular formula is C55H46Cl2N3O2S+. The minimum absolute atomic E-state index is 0.0501. The monoisotopic (exact) mass is 882 g/mol. The van der Waals surface area contributed by atoms with Crippen LogP contribution in [0.4, 0.5) is 22.7 Å². The molecule has 63 heavy (non-hydrogen) atoms. The average Bonchev–Trinajstić information content (AvgIpc) is 3.62. The maximum Gasteiger partial charge on any atom is 0.251 e. The predicted octanol–water partition coefficient (Wildman–Crippen LogP) is 13.3. The molecule has 5 nitrogen and oxygen atoms in total. The first-order valence-corrected chi connectivity index (χ1v) is 22.9. The predicted molar refractivity (Wildman–Crippen MR) is 259 cm³/mol. The van der Waals surface area contributed by atoms with Crippen LogP contribution in [-0.2, 0) is 26.8 Å². The highest BCUT2D eigenvalue weighted by Gasteiger charge is 2.46. The number of carbonyl (C=O) groups excluding carboxylic acids is 2. The Morgan fingerprint density at radius 2 is 1.35 bits per heavy atom. The van der Waals surface area contributed by atoms with E-state index in [1.54, 1.807) is 11.8 Å². The van der Waals surface area contributed by atoms with E-state index in [1.807, 2.05) is 83.8 Å². The summed E-state index contributed by atoms with van der Waals surface area (Å²) in [6.07, 6.45) is 11.2. The summed E-state index contributed by atoms with van der Waals surface area (Å²) in [5.74, 6) is -0.340. The first kappa shape index (κ1) is 41.1. The van der Waals surface area contributed by atoms with Crippen molar-refractivity contribution in [3.63, 3.8) is 0 Å². The molecule has 0 aromatic heterocycles. The van der Waals surface area contributed by atoms with Crippen molar-refractivity contribution in [1.82, 2.24) is 0 Å². The highest BCUT2D eigenvalue weighted by molar-refractivity contribution is 7.99. The van der Waals surface area contributed by atoms with Gasteiger partial charge in [-0.2, -0.15) is 4.58 Å². The van der Waals surface area contributed by atoms with E-state index >= 15 is 0 Å². The Morgan fingerprint density at radius 1 is 0.683 bits per heavy atom. The lowest BCUT2D eigenvalue weighted by Gasteiger charge is -2.33. The summed E-state index contributed by atoms with van der Waals surface area (Å²) in [5.41, 5.74) is 11.8. The number of Topliss-reactive ketones (excluding diaryl/α,β-unsaturated/α-hetero) is 1. The van der Waals surface area contributed by atoms with E-state index in [2.05, 4.69) is 122 Å². The standard InChI is InChI=1S/C55H46Cl2N3O2S/c1-54(2)41-18-10-12-20-43(41)58(33-47(61)53-39-17-9-8-16-35(39)30-36-26-27-37(56)31-40(36)53)50(54)24-6-5-7-25-51-55(3,4)42-19-11-13-21-44(42)59(51)34-52(62)60-45-22-14-15-23-48(45)63-49-29-28-38(57)32-46(49)60/h5-29,31-32,53H,30,33-34H2,1-4H3/q+1.